The first-order valence-electron chi connectivity index (χ1n) is 4.13. The largest absolute Gasteiger partial charge is 0.297 e. The van der Waals surface area contributed by atoms with Gasteiger partial charge in [0.1, 0.15) is 0 Å². The molecule has 0 aliphatic heterocycles. The molecular weight excluding hydrogens is 248 g/mol. The van der Waals surface area contributed by atoms with E-state index in [2.05, 4.69) is 33.4 Å². The number of nitrogens with zero attached hydrogens (tertiary/aromatic N) is 1. The van der Waals surface area contributed by atoms with Gasteiger partial charge in [-0.2, -0.15) is 5.26 Å². The molecule has 0 aliphatic rings. The fourth-order valence-corrected chi connectivity index (χ4v) is 2.39. The summed E-state index contributed by atoms with van der Waals surface area (Å²) in [4.78, 5) is 1.25. The highest BCUT2D eigenvalue weighted by Crippen LogP contribution is 2.21. The molecule has 1 aromatic heterocycles. The number of nitriles is 1. The first-order chi connectivity index (χ1) is 6.26. The molecule has 0 aromatic carbocycles. The van der Waals surface area contributed by atoms with Gasteiger partial charge in [-0.05, 0) is 34.5 Å². The highest BCUT2D eigenvalue weighted by Gasteiger charge is 2.03. The summed E-state index contributed by atoms with van der Waals surface area (Å²) in [7, 11) is 0. The fraction of sp³-hybridized carbons (Fsp3) is 0.444. The van der Waals surface area contributed by atoms with E-state index in [1.54, 1.807) is 11.3 Å². The average Bonchev–Trinajstić information content (AvgIpc) is 2.53. The molecule has 1 N–H and O–H groups in total. The second-order valence-corrected chi connectivity index (χ2v) is 5.22. The molecule has 1 rings (SSSR count). The number of rotatable bonds is 4. The van der Waals surface area contributed by atoms with Gasteiger partial charge in [-0.1, -0.05) is 6.92 Å². The molecule has 2 nitrogen and oxygen atoms in total. The summed E-state index contributed by atoms with van der Waals surface area (Å²) in [6.07, 6.45) is 0.850. The minimum atomic E-state index is -0.0270. The lowest BCUT2D eigenvalue weighted by Gasteiger charge is -2.06. The van der Waals surface area contributed by atoms with Crippen molar-refractivity contribution in [3.8, 4) is 6.07 Å². The third-order valence-electron chi connectivity index (χ3n) is 1.72. The number of thiophene rings is 1. The zero-order valence-electron chi connectivity index (χ0n) is 7.38. The van der Waals surface area contributed by atoms with Gasteiger partial charge in [0.05, 0.1) is 15.9 Å². The van der Waals surface area contributed by atoms with E-state index in [4.69, 9.17) is 5.26 Å². The maximum Gasteiger partial charge on any atom is 0.0953 e. The molecule has 70 valence electrons. The zero-order chi connectivity index (χ0) is 9.68. The Morgan fingerprint density at radius 3 is 2.92 bits per heavy atom. The highest BCUT2D eigenvalue weighted by molar-refractivity contribution is 9.11. The molecule has 1 aromatic rings. The molecule has 0 saturated heterocycles. The van der Waals surface area contributed by atoms with Gasteiger partial charge >= 0.3 is 0 Å². The molecule has 0 saturated carbocycles. The van der Waals surface area contributed by atoms with Crippen LogP contribution in [0.4, 0.5) is 0 Å². The van der Waals surface area contributed by atoms with Crippen LogP contribution in [-0.4, -0.2) is 6.04 Å². The van der Waals surface area contributed by atoms with Crippen molar-refractivity contribution in [3.05, 3.63) is 20.8 Å². The number of nitrogens with one attached hydrogen (secondary N) is 1. The Balaban J connectivity index is 2.39. The predicted octanol–water partition coefficient (Wildman–Crippen LogP) is 2.90. The lowest BCUT2D eigenvalue weighted by Crippen LogP contribution is -2.25. The van der Waals surface area contributed by atoms with Crippen molar-refractivity contribution in [1.29, 1.82) is 5.26 Å². The number of hydrogen-bond acceptors (Lipinski definition) is 3. The Hall–Kier alpha value is -0.370. The fourth-order valence-electron chi connectivity index (χ4n) is 0.952. The topological polar surface area (TPSA) is 35.8 Å². The smallest absolute Gasteiger partial charge is 0.0953 e. The van der Waals surface area contributed by atoms with Crippen molar-refractivity contribution in [1.82, 2.24) is 5.32 Å². The highest BCUT2D eigenvalue weighted by atomic mass is 79.9. The van der Waals surface area contributed by atoms with Crippen LogP contribution in [0.5, 0.6) is 0 Å². The van der Waals surface area contributed by atoms with Gasteiger partial charge in [0, 0.05) is 11.4 Å². The van der Waals surface area contributed by atoms with Crippen LogP contribution < -0.4 is 5.32 Å². The molecular formula is C9H11BrN2S. The normalized spacial score (nSPS) is 12.4. The maximum atomic E-state index is 8.69. The van der Waals surface area contributed by atoms with Gasteiger partial charge in [0.2, 0.25) is 0 Å². The van der Waals surface area contributed by atoms with Crippen LogP contribution in [0.15, 0.2) is 15.9 Å². The van der Waals surface area contributed by atoms with Crippen molar-refractivity contribution in [3.63, 3.8) is 0 Å². The molecule has 0 radical (unpaired) electrons. The molecule has 4 heteroatoms. The molecule has 13 heavy (non-hydrogen) atoms. The molecule has 0 fully saturated rings. The van der Waals surface area contributed by atoms with Crippen molar-refractivity contribution >= 4 is 27.3 Å². The van der Waals surface area contributed by atoms with E-state index in [0.717, 1.165) is 16.8 Å². The monoisotopic (exact) mass is 258 g/mol. The SMILES string of the molecule is CCC(C#N)NCc1ccc(Br)s1. The summed E-state index contributed by atoms with van der Waals surface area (Å²) in [6, 6.07) is 6.27. The van der Waals surface area contributed by atoms with E-state index < -0.39 is 0 Å². The Morgan fingerprint density at radius 2 is 2.46 bits per heavy atom. The van der Waals surface area contributed by atoms with Crippen molar-refractivity contribution in [2.24, 2.45) is 0 Å². The summed E-state index contributed by atoms with van der Waals surface area (Å²) in [5.41, 5.74) is 0. The van der Waals surface area contributed by atoms with E-state index in [1.165, 1.54) is 4.88 Å². The van der Waals surface area contributed by atoms with Crippen LogP contribution in [0.25, 0.3) is 0 Å². The van der Waals surface area contributed by atoms with Crippen molar-refractivity contribution in [2.45, 2.75) is 25.9 Å². The van der Waals surface area contributed by atoms with E-state index in [9.17, 15) is 0 Å². The molecule has 1 heterocycles. The van der Waals surface area contributed by atoms with E-state index >= 15 is 0 Å². The molecule has 1 atom stereocenters. The van der Waals surface area contributed by atoms with Crippen LogP contribution in [-0.2, 0) is 6.54 Å². The van der Waals surface area contributed by atoms with Crippen LogP contribution in [0.1, 0.15) is 18.2 Å². The molecule has 0 aliphatic carbocycles. The lowest BCUT2D eigenvalue weighted by atomic mass is 10.2. The van der Waals surface area contributed by atoms with Gasteiger partial charge in [-0.3, -0.25) is 5.32 Å². The quantitative estimate of drug-likeness (QED) is 0.902. The minimum absolute atomic E-state index is 0.0270. The summed E-state index contributed by atoms with van der Waals surface area (Å²) in [5.74, 6) is 0. The van der Waals surface area contributed by atoms with Crippen LogP contribution in [0, 0.1) is 11.3 Å². The Kier molecular flexibility index (Phi) is 4.43. The van der Waals surface area contributed by atoms with Gasteiger partial charge in [-0.25, -0.2) is 0 Å². The predicted molar refractivity (Wildman–Crippen MR) is 58.6 cm³/mol. The lowest BCUT2D eigenvalue weighted by molar-refractivity contribution is 0.591. The third kappa shape index (κ3) is 3.47. The summed E-state index contributed by atoms with van der Waals surface area (Å²) in [5, 5.41) is 11.9. The zero-order valence-corrected chi connectivity index (χ0v) is 9.78. The Bertz CT molecular complexity index is 303. The van der Waals surface area contributed by atoms with Gasteiger partial charge in [-0.15, -0.1) is 11.3 Å². The summed E-state index contributed by atoms with van der Waals surface area (Å²) < 4.78 is 1.13. The minimum Gasteiger partial charge on any atom is -0.297 e. The molecule has 0 amide bonds. The second kappa shape index (κ2) is 5.38. The number of halogens is 1. The van der Waals surface area contributed by atoms with Gasteiger partial charge in [0.15, 0.2) is 0 Å². The first-order valence-corrected chi connectivity index (χ1v) is 5.74. The summed E-state index contributed by atoms with van der Waals surface area (Å²) in [6.45, 7) is 2.79. The first kappa shape index (κ1) is 10.7. The standard InChI is InChI=1S/C9H11BrN2S/c1-2-7(5-11)12-6-8-3-4-9(10)13-8/h3-4,7,12H,2,6H2,1H3. The molecule has 0 bridgehead atoms. The average molecular weight is 259 g/mol. The van der Waals surface area contributed by atoms with Gasteiger partial charge in [0.25, 0.3) is 0 Å². The number of hydrogen-bond donors (Lipinski definition) is 1. The van der Waals surface area contributed by atoms with Crippen molar-refractivity contribution < 1.29 is 0 Å². The van der Waals surface area contributed by atoms with Crippen molar-refractivity contribution in [2.75, 3.05) is 0 Å². The Morgan fingerprint density at radius 1 is 1.69 bits per heavy atom. The third-order valence-corrected chi connectivity index (χ3v) is 3.34. The van der Waals surface area contributed by atoms with E-state index in [1.807, 2.05) is 13.0 Å². The Labute approximate surface area is 90.7 Å². The molecule has 1 unspecified atom stereocenters. The van der Waals surface area contributed by atoms with Crippen LogP contribution in [0.2, 0.25) is 0 Å². The van der Waals surface area contributed by atoms with E-state index in [0.29, 0.717) is 0 Å². The molecule has 0 spiro atoms. The summed E-state index contributed by atoms with van der Waals surface area (Å²) >= 11 is 5.09. The second-order valence-electron chi connectivity index (χ2n) is 2.68. The van der Waals surface area contributed by atoms with Crippen LogP contribution >= 0.6 is 27.3 Å². The maximum absolute atomic E-state index is 8.69. The van der Waals surface area contributed by atoms with Crippen LogP contribution in [0.3, 0.4) is 0 Å². The van der Waals surface area contributed by atoms with E-state index in [-0.39, 0.29) is 6.04 Å². The van der Waals surface area contributed by atoms with Gasteiger partial charge < -0.3 is 0 Å².